The van der Waals surface area contributed by atoms with Crippen LogP contribution in [0.15, 0.2) is 72.8 Å². The second-order valence-corrected chi connectivity index (χ2v) is 7.33. The summed E-state index contributed by atoms with van der Waals surface area (Å²) in [6.07, 6.45) is 0. The standard InChI is InChI=1S/C25H21N3O3/c1-17-8-7-11-19-23-25(27-21-13-6-5-12-20(21)26-23)28(24(17)19)14-15-30-22(29)16-31-18-9-3-2-4-10-18/h2-13H,14-16H2,1H3. The molecule has 2 aromatic heterocycles. The van der Waals surface area contributed by atoms with Gasteiger partial charge in [-0.3, -0.25) is 0 Å². The predicted octanol–water partition coefficient (Wildman–Crippen LogP) is 4.67. The number of benzene rings is 3. The minimum absolute atomic E-state index is 0.124. The van der Waals surface area contributed by atoms with Crippen LogP contribution in [0.2, 0.25) is 0 Å². The van der Waals surface area contributed by atoms with Crippen LogP contribution < -0.4 is 4.74 Å². The summed E-state index contributed by atoms with van der Waals surface area (Å²) in [5.41, 5.74) is 5.53. The van der Waals surface area contributed by atoms with Crippen molar-refractivity contribution < 1.29 is 14.3 Å². The van der Waals surface area contributed by atoms with Crippen LogP contribution in [-0.2, 0) is 16.1 Å². The summed E-state index contributed by atoms with van der Waals surface area (Å²) in [4.78, 5) is 21.9. The van der Waals surface area contributed by atoms with Crippen LogP contribution in [0.4, 0.5) is 0 Å². The Labute approximate surface area is 179 Å². The molecule has 0 fully saturated rings. The van der Waals surface area contributed by atoms with Gasteiger partial charge in [0.1, 0.15) is 17.9 Å². The molecule has 6 heteroatoms. The molecule has 0 spiro atoms. The maximum absolute atomic E-state index is 12.1. The molecule has 0 bridgehead atoms. The molecule has 154 valence electrons. The summed E-state index contributed by atoms with van der Waals surface area (Å²) in [6, 6.07) is 23.2. The van der Waals surface area contributed by atoms with Gasteiger partial charge in [-0.2, -0.15) is 0 Å². The molecule has 0 unspecified atom stereocenters. The predicted molar refractivity (Wildman–Crippen MR) is 120 cm³/mol. The summed E-state index contributed by atoms with van der Waals surface area (Å²) in [5, 5.41) is 1.05. The minimum atomic E-state index is -0.405. The summed E-state index contributed by atoms with van der Waals surface area (Å²) >= 11 is 0. The molecule has 0 amide bonds. The average molecular weight is 411 g/mol. The molecule has 6 nitrogen and oxygen atoms in total. The molecule has 5 rings (SSSR count). The summed E-state index contributed by atoms with van der Waals surface area (Å²) in [7, 11) is 0. The molecular weight excluding hydrogens is 390 g/mol. The maximum Gasteiger partial charge on any atom is 0.344 e. The molecule has 2 heterocycles. The Kier molecular flexibility index (Phi) is 4.96. The number of carbonyl (C=O) groups is 1. The number of esters is 1. The van der Waals surface area contributed by atoms with Crippen molar-refractivity contribution in [3.63, 3.8) is 0 Å². The SMILES string of the molecule is Cc1cccc2c3nc4ccccc4nc3n(CCOC(=O)COc3ccccc3)c12. The fraction of sp³-hybridized carbons (Fsp3) is 0.160. The fourth-order valence-electron chi connectivity index (χ4n) is 3.84. The van der Waals surface area contributed by atoms with E-state index in [0.717, 1.165) is 38.7 Å². The molecule has 0 saturated heterocycles. The molecule has 5 aromatic rings. The van der Waals surface area contributed by atoms with Gasteiger partial charge in [0.05, 0.1) is 23.1 Å². The quantitative estimate of drug-likeness (QED) is 0.380. The zero-order chi connectivity index (χ0) is 21.2. The van der Waals surface area contributed by atoms with E-state index in [1.165, 1.54) is 0 Å². The Bertz CT molecular complexity index is 1390. The van der Waals surface area contributed by atoms with Gasteiger partial charge in [0.25, 0.3) is 0 Å². The Morgan fingerprint density at radius 3 is 2.45 bits per heavy atom. The lowest BCUT2D eigenvalue weighted by Crippen LogP contribution is -2.18. The molecule has 0 aliphatic heterocycles. The van der Waals surface area contributed by atoms with Gasteiger partial charge in [-0.1, -0.05) is 48.5 Å². The van der Waals surface area contributed by atoms with Crippen molar-refractivity contribution in [2.24, 2.45) is 0 Å². The largest absolute Gasteiger partial charge is 0.482 e. The van der Waals surface area contributed by atoms with Gasteiger partial charge in [0.2, 0.25) is 0 Å². The van der Waals surface area contributed by atoms with Crippen LogP contribution >= 0.6 is 0 Å². The number of para-hydroxylation sites is 4. The van der Waals surface area contributed by atoms with Crippen LogP contribution in [-0.4, -0.2) is 33.7 Å². The third-order valence-corrected chi connectivity index (χ3v) is 5.25. The van der Waals surface area contributed by atoms with Crippen molar-refractivity contribution in [1.29, 1.82) is 0 Å². The number of aromatic nitrogens is 3. The Balaban J connectivity index is 1.40. The molecule has 0 aliphatic carbocycles. The van der Waals surface area contributed by atoms with Gasteiger partial charge in [-0.15, -0.1) is 0 Å². The van der Waals surface area contributed by atoms with Crippen LogP contribution in [0.25, 0.3) is 33.1 Å². The van der Waals surface area contributed by atoms with E-state index in [2.05, 4.69) is 23.6 Å². The molecule has 0 atom stereocenters. The van der Waals surface area contributed by atoms with E-state index in [4.69, 9.17) is 19.4 Å². The van der Waals surface area contributed by atoms with Crippen LogP contribution in [0.1, 0.15) is 5.56 Å². The Morgan fingerprint density at radius 1 is 0.903 bits per heavy atom. The summed E-state index contributed by atoms with van der Waals surface area (Å²) in [6.45, 7) is 2.64. The molecule has 0 aliphatic rings. The zero-order valence-corrected chi connectivity index (χ0v) is 17.1. The highest BCUT2D eigenvalue weighted by Gasteiger charge is 2.16. The van der Waals surface area contributed by atoms with Gasteiger partial charge in [-0.25, -0.2) is 14.8 Å². The van der Waals surface area contributed by atoms with Crippen molar-refractivity contribution in [3.8, 4) is 5.75 Å². The second kappa shape index (κ2) is 8.07. The number of hydrogen-bond donors (Lipinski definition) is 0. The minimum Gasteiger partial charge on any atom is -0.482 e. The number of fused-ring (bicyclic) bond motifs is 4. The lowest BCUT2D eigenvalue weighted by Gasteiger charge is -2.10. The van der Waals surface area contributed by atoms with Crippen molar-refractivity contribution in [2.45, 2.75) is 13.5 Å². The lowest BCUT2D eigenvalue weighted by atomic mass is 10.1. The molecule has 0 saturated carbocycles. The normalized spacial score (nSPS) is 11.3. The van der Waals surface area contributed by atoms with E-state index < -0.39 is 5.97 Å². The number of aryl methyl sites for hydroxylation is 1. The van der Waals surface area contributed by atoms with E-state index >= 15 is 0 Å². The first-order chi connectivity index (χ1) is 15.2. The highest BCUT2D eigenvalue weighted by molar-refractivity contribution is 6.07. The van der Waals surface area contributed by atoms with Crippen molar-refractivity contribution in [2.75, 3.05) is 13.2 Å². The van der Waals surface area contributed by atoms with E-state index in [-0.39, 0.29) is 13.2 Å². The monoisotopic (exact) mass is 411 g/mol. The number of ether oxygens (including phenoxy) is 2. The number of hydrogen-bond acceptors (Lipinski definition) is 5. The highest BCUT2D eigenvalue weighted by Crippen LogP contribution is 2.30. The smallest absolute Gasteiger partial charge is 0.344 e. The van der Waals surface area contributed by atoms with Crippen LogP contribution in [0.3, 0.4) is 0 Å². The van der Waals surface area contributed by atoms with E-state index in [0.29, 0.717) is 12.3 Å². The third kappa shape index (κ3) is 3.68. The first-order valence-corrected chi connectivity index (χ1v) is 10.2. The molecular formula is C25H21N3O3. The molecule has 0 radical (unpaired) electrons. The molecule has 0 N–H and O–H groups in total. The first kappa shape index (κ1) is 19.1. The van der Waals surface area contributed by atoms with E-state index in [1.54, 1.807) is 12.1 Å². The van der Waals surface area contributed by atoms with Crippen molar-refractivity contribution in [3.05, 3.63) is 78.4 Å². The number of rotatable bonds is 6. The van der Waals surface area contributed by atoms with Crippen LogP contribution in [0.5, 0.6) is 5.75 Å². The van der Waals surface area contributed by atoms with Gasteiger partial charge in [0.15, 0.2) is 12.3 Å². The highest BCUT2D eigenvalue weighted by atomic mass is 16.6. The van der Waals surface area contributed by atoms with Gasteiger partial charge in [-0.05, 0) is 36.8 Å². The Hall–Kier alpha value is -3.93. The van der Waals surface area contributed by atoms with Gasteiger partial charge in [0, 0.05) is 5.39 Å². The number of nitrogens with zero attached hydrogens (tertiary/aromatic N) is 3. The van der Waals surface area contributed by atoms with Crippen molar-refractivity contribution >= 4 is 39.1 Å². The van der Waals surface area contributed by atoms with Gasteiger partial charge < -0.3 is 14.0 Å². The van der Waals surface area contributed by atoms with E-state index in [1.807, 2.05) is 48.5 Å². The van der Waals surface area contributed by atoms with Crippen LogP contribution in [0, 0.1) is 6.92 Å². The van der Waals surface area contributed by atoms with Gasteiger partial charge >= 0.3 is 5.97 Å². The first-order valence-electron chi connectivity index (χ1n) is 10.2. The lowest BCUT2D eigenvalue weighted by molar-refractivity contribution is -0.146. The third-order valence-electron chi connectivity index (χ3n) is 5.25. The average Bonchev–Trinajstić information content (AvgIpc) is 3.11. The second-order valence-electron chi connectivity index (χ2n) is 7.33. The van der Waals surface area contributed by atoms with E-state index in [9.17, 15) is 4.79 Å². The molecule has 31 heavy (non-hydrogen) atoms. The molecule has 3 aromatic carbocycles. The fourth-order valence-corrected chi connectivity index (χ4v) is 3.84. The number of carbonyl (C=O) groups excluding carboxylic acids is 1. The summed E-state index contributed by atoms with van der Waals surface area (Å²) in [5.74, 6) is 0.234. The Morgan fingerprint density at radius 2 is 1.65 bits per heavy atom. The zero-order valence-electron chi connectivity index (χ0n) is 17.1. The topological polar surface area (TPSA) is 66.2 Å². The maximum atomic E-state index is 12.1. The summed E-state index contributed by atoms with van der Waals surface area (Å²) < 4.78 is 13.0. The van der Waals surface area contributed by atoms with Crippen molar-refractivity contribution in [1.82, 2.24) is 14.5 Å².